The van der Waals surface area contributed by atoms with Gasteiger partial charge in [0.05, 0.1) is 22.6 Å². The van der Waals surface area contributed by atoms with E-state index in [2.05, 4.69) is 15.2 Å². The van der Waals surface area contributed by atoms with Gasteiger partial charge in [-0.25, -0.2) is 4.79 Å². The highest BCUT2D eigenvalue weighted by Crippen LogP contribution is 2.18. The smallest absolute Gasteiger partial charge is 0.387 e. The van der Waals surface area contributed by atoms with Gasteiger partial charge in [-0.15, -0.1) is 0 Å². The Bertz CT molecular complexity index is 772. The molecule has 0 saturated carbocycles. The van der Waals surface area contributed by atoms with Crippen molar-refractivity contribution >= 4 is 17.6 Å². The Hall–Kier alpha value is -2.97. The van der Waals surface area contributed by atoms with Crippen LogP contribution in [0.15, 0.2) is 24.3 Å². The van der Waals surface area contributed by atoms with Crippen molar-refractivity contribution in [1.82, 2.24) is 9.78 Å². The molecule has 2 rings (SSSR count). The highest BCUT2D eigenvalue weighted by molar-refractivity contribution is 5.96. The molecular weight excluding hydrogens is 336 g/mol. The largest absolute Gasteiger partial charge is 0.452 e. The van der Waals surface area contributed by atoms with Crippen molar-refractivity contribution in [2.24, 2.45) is 7.05 Å². The molecule has 0 fully saturated rings. The summed E-state index contributed by atoms with van der Waals surface area (Å²) in [4.78, 5) is 23.8. The number of halogens is 2. The number of nitrogens with one attached hydrogen (secondary N) is 1. The molecule has 0 aliphatic heterocycles. The van der Waals surface area contributed by atoms with Gasteiger partial charge in [-0.2, -0.15) is 13.9 Å². The highest BCUT2D eigenvalue weighted by Gasteiger charge is 2.15. The van der Waals surface area contributed by atoms with Gasteiger partial charge >= 0.3 is 12.6 Å². The molecule has 0 aliphatic carbocycles. The number of nitrogens with zero attached hydrogens (tertiary/aromatic N) is 2. The van der Waals surface area contributed by atoms with E-state index >= 15 is 0 Å². The lowest BCUT2D eigenvalue weighted by atomic mass is 10.2. The molecule has 134 valence electrons. The summed E-state index contributed by atoms with van der Waals surface area (Å²) in [6.45, 7) is 0.116. The fourth-order valence-corrected chi connectivity index (χ4v) is 2.12. The molecule has 0 aliphatic rings. The zero-order valence-corrected chi connectivity index (χ0v) is 13.9. The normalized spacial score (nSPS) is 10.6. The molecule has 0 radical (unpaired) electrons. The summed E-state index contributed by atoms with van der Waals surface area (Å²) >= 11 is 0. The van der Waals surface area contributed by atoms with Gasteiger partial charge < -0.3 is 14.8 Å². The fourth-order valence-electron chi connectivity index (χ4n) is 2.12. The summed E-state index contributed by atoms with van der Waals surface area (Å²) in [7, 11) is 1.75. The molecular formula is C16H17F2N3O4. The van der Waals surface area contributed by atoms with E-state index in [-0.39, 0.29) is 11.3 Å². The molecule has 0 spiro atoms. The molecule has 0 atom stereocenters. The first-order valence-corrected chi connectivity index (χ1v) is 7.30. The van der Waals surface area contributed by atoms with Crippen molar-refractivity contribution in [3.63, 3.8) is 0 Å². The molecule has 1 N–H and O–H groups in total. The van der Waals surface area contributed by atoms with Crippen LogP contribution in [0.3, 0.4) is 0 Å². The van der Waals surface area contributed by atoms with Crippen LogP contribution in [0.1, 0.15) is 21.7 Å². The average Bonchev–Trinajstić information content (AvgIpc) is 2.79. The number of amides is 1. The zero-order valence-electron chi connectivity index (χ0n) is 13.9. The zero-order chi connectivity index (χ0) is 18.6. The first-order chi connectivity index (χ1) is 11.8. The van der Waals surface area contributed by atoms with Crippen LogP contribution in [0.25, 0.3) is 0 Å². The lowest BCUT2D eigenvalue weighted by molar-refractivity contribution is -0.119. The molecule has 2 aromatic rings. The number of hydrogen-bond donors (Lipinski definition) is 1. The molecule has 0 saturated heterocycles. The predicted octanol–water partition coefficient (Wildman–Crippen LogP) is 2.43. The number of carbonyl (C=O) groups is 2. The lowest BCUT2D eigenvalue weighted by Crippen LogP contribution is -2.21. The number of carbonyl (C=O) groups excluding carboxylic acids is 2. The third-order valence-electron chi connectivity index (χ3n) is 3.42. The topological polar surface area (TPSA) is 82.5 Å². The maximum atomic E-state index is 12.1. The Kier molecular flexibility index (Phi) is 5.68. The highest BCUT2D eigenvalue weighted by atomic mass is 19.3. The van der Waals surface area contributed by atoms with Crippen LogP contribution >= 0.6 is 0 Å². The summed E-state index contributed by atoms with van der Waals surface area (Å²) in [6.07, 6.45) is 0. The van der Waals surface area contributed by atoms with Crippen LogP contribution < -0.4 is 10.1 Å². The number of aryl methyl sites for hydroxylation is 2. The van der Waals surface area contributed by atoms with Gasteiger partial charge in [-0.05, 0) is 38.1 Å². The number of benzene rings is 1. The summed E-state index contributed by atoms with van der Waals surface area (Å²) in [5.41, 5.74) is 2.10. The maximum Gasteiger partial charge on any atom is 0.387 e. The van der Waals surface area contributed by atoms with E-state index < -0.39 is 25.1 Å². The molecule has 7 nitrogen and oxygen atoms in total. The first kappa shape index (κ1) is 18.4. The second-order valence-electron chi connectivity index (χ2n) is 5.20. The lowest BCUT2D eigenvalue weighted by Gasteiger charge is -2.08. The maximum absolute atomic E-state index is 12.1. The summed E-state index contributed by atoms with van der Waals surface area (Å²) in [5.74, 6) is -1.34. The van der Waals surface area contributed by atoms with Crippen LogP contribution in [-0.4, -0.2) is 34.9 Å². The molecule has 9 heteroatoms. The van der Waals surface area contributed by atoms with Crippen molar-refractivity contribution in [2.75, 3.05) is 11.9 Å². The Labute approximate surface area is 142 Å². The van der Waals surface area contributed by atoms with Gasteiger partial charge in [-0.3, -0.25) is 9.48 Å². The minimum absolute atomic E-state index is 0.0770. The van der Waals surface area contributed by atoms with Crippen molar-refractivity contribution in [3.8, 4) is 5.75 Å². The third-order valence-corrected chi connectivity index (χ3v) is 3.42. The van der Waals surface area contributed by atoms with E-state index in [1.807, 2.05) is 0 Å². The van der Waals surface area contributed by atoms with Crippen LogP contribution in [0, 0.1) is 13.8 Å². The van der Waals surface area contributed by atoms with E-state index in [1.165, 1.54) is 24.3 Å². The molecule has 25 heavy (non-hydrogen) atoms. The van der Waals surface area contributed by atoms with Gasteiger partial charge in [0.25, 0.3) is 5.91 Å². The fraction of sp³-hybridized carbons (Fsp3) is 0.312. The average molecular weight is 353 g/mol. The quantitative estimate of drug-likeness (QED) is 0.807. The van der Waals surface area contributed by atoms with Gasteiger partial charge in [0.1, 0.15) is 5.75 Å². The second kappa shape index (κ2) is 7.73. The number of anilines is 1. The van der Waals surface area contributed by atoms with E-state index in [0.717, 1.165) is 5.69 Å². The van der Waals surface area contributed by atoms with Crippen molar-refractivity contribution in [2.45, 2.75) is 20.5 Å². The third kappa shape index (κ3) is 4.75. The molecule has 0 unspecified atom stereocenters. The number of aromatic nitrogens is 2. The number of rotatable bonds is 6. The van der Waals surface area contributed by atoms with E-state index in [1.54, 1.807) is 25.6 Å². The number of alkyl halides is 2. The molecule has 0 bridgehead atoms. The second-order valence-corrected chi connectivity index (χ2v) is 5.20. The van der Waals surface area contributed by atoms with Crippen molar-refractivity contribution < 1.29 is 27.8 Å². The van der Waals surface area contributed by atoms with E-state index in [4.69, 9.17) is 4.74 Å². The van der Waals surface area contributed by atoms with Crippen LogP contribution in [0.4, 0.5) is 14.5 Å². The minimum atomic E-state index is -2.94. The van der Waals surface area contributed by atoms with E-state index in [0.29, 0.717) is 11.4 Å². The summed E-state index contributed by atoms with van der Waals surface area (Å²) in [5, 5.41) is 6.80. The van der Waals surface area contributed by atoms with Crippen LogP contribution in [0.2, 0.25) is 0 Å². The van der Waals surface area contributed by atoms with Crippen molar-refractivity contribution in [3.05, 3.63) is 41.2 Å². The molecule has 1 amide bonds. The van der Waals surface area contributed by atoms with Gasteiger partial charge in [0.15, 0.2) is 6.61 Å². The van der Waals surface area contributed by atoms with Crippen molar-refractivity contribution in [1.29, 1.82) is 0 Å². The number of ether oxygens (including phenoxy) is 2. The SMILES string of the molecule is Cc1nn(C)c(C)c1NC(=O)COC(=O)c1ccc(OC(F)F)cc1. The number of esters is 1. The van der Waals surface area contributed by atoms with Gasteiger partial charge in [-0.1, -0.05) is 0 Å². The Morgan fingerprint density at radius 3 is 2.40 bits per heavy atom. The molecule has 1 aromatic carbocycles. The van der Waals surface area contributed by atoms with Crippen LogP contribution in [0.5, 0.6) is 5.75 Å². The van der Waals surface area contributed by atoms with E-state index in [9.17, 15) is 18.4 Å². The number of hydrogen-bond acceptors (Lipinski definition) is 5. The summed E-state index contributed by atoms with van der Waals surface area (Å²) in [6, 6.07) is 4.97. The predicted molar refractivity (Wildman–Crippen MR) is 84.7 cm³/mol. The first-order valence-electron chi connectivity index (χ1n) is 7.30. The Morgan fingerprint density at radius 1 is 1.24 bits per heavy atom. The van der Waals surface area contributed by atoms with Gasteiger partial charge in [0.2, 0.25) is 0 Å². The molecule has 1 aromatic heterocycles. The Balaban J connectivity index is 1.89. The Morgan fingerprint density at radius 2 is 1.88 bits per heavy atom. The summed E-state index contributed by atoms with van der Waals surface area (Å²) < 4.78 is 34.8. The standard InChI is InChI=1S/C16H17F2N3O4/c1-9-14(10(2)21(3)20-9)19-13(22)8-24-15(23)11-4-6-12(7-5-11)25-16(17)18/h4-7,16H,8H2,1-3H3,(H,19,22). The molecule has 1 heterocycles. The van der Waals surface area contributed by atoms with Gasteiger partial charge in [0, 0.05) is 7.05 Å². The monoisotopic (exact) mass is 353 g/mol. The van der Waals surface area contributed by atoms with Crippen LogP contribution in [-0.2, 0) is 16.6 Å². The minimum Gasteiger partial charge on any atom is -0.452 e.